The van der Waals surface area contributed by atoms with Gasteiger partial charge in [-0.1, -0.05) is 30.3 Å². The van der Waals surface area contributed by atoms with Gasteiger partial charge in [-0.15, -0.1) is 0 Å². The molecule has 2 aromatic carbocycles. The van der Waals surface area contributed by atoms with E-state index in [0.29, 0.717) is 0 Å². The van der Waals surface area contributed by atoms with Gasteiger partial charge < -0.3 is 0 Å². The summed E-state index contributed by atoms with van der Waals surface area (Å²) in [6.07, 6.45) is 0.195. The largest absolute Gasteiger partial charge is 0.272 e. The highest BCUT2D eigenvalue weighted by Gasteiger charge is 2.39. The molecule has 2 aromatic rings. The van der Waals surface area contributed by atoms with Crippen molar-refractivity contribution in [3.05, 3.63) is 65.0 Å². The van der Waals surface area contributed by atoms with Crippen molar-refractivity contribution in [1.82, 2.24) is 0 Å². The first-order chi connectivity index (χ1) is 11.8. The minimum atomic E-state index is -2.29. The quantitative estimate of drug-likeness (QED) is 0.466. The van der Waals surface area contributed by atoms with Crippen molar-refractivity contribution in [2.75, 3.05) is 5.01 Å². The molecular weight excluding hydrogens is 343 g/mol. The molecule has 0 spiro atoms. The summed E-state index contributed by atoms with van der Waals surface area (Å²) in [5.41, 5.74) is -0.372. The third-order valence-corrected chi connectivity index (χ3v) is 3.95. The van der Waals surface area contributed by atoms with E-state index in [1.165, 1.54) is 6.92 Å². The van der Waals surface area contributed by atoms with Crippen LogP contribution in [0.4, 0.5) is 27.6 Å². The lowest BCUT2D eigenvalue weighted by Gasteiger charge is -2.16. The van der Waals surface area contributed by atoms with Gasteiger partial charge in [0.05, 0.1) is 5.92 Å². The van der Waals surface area contributed by atoms with E-state index in [0.717, 1.165) is 5.56 Å². The van der Waals surface area contributed by atoms with Gasteiger partial charge >= 0.3 is 0 Å². The predicted octanol–water partition coefficient (Wildman–Crippen LogP) is 3.96. The Morgan fingerprint density at radius 1 is 0.920 bits per heavy atom. The number of carbonyl (C=O) groups excluding carboxylic acids is 1. The Hall–Kier alpha value is -2.77. The highest BCUT2D eigenvalue weighted by Crippen LogP contribution is 2.34. The summed E-state index contributed by atoms with van der Waals surface area (Å²) in [4.78, 5) is 12.5. The normalized spacial score (nSPS) is 17.2. The van der Waals surface area contributed by atoms with E-state index < -0.39 is 46.6 Å². The van der Waals surface area contributed by atoms with Crippen molar-refractivity contribution in [1.29, 1.82) is 0 Å². The minimum Gasteiger partial charge on any atom is -0.272 e. The number of amides is 1. The van der Waals surface area contributed by atoms with Crippen LogP contribution in [0.2, 0.25) is 0 Å². The maximum absolute atomic E-state index is 13.9. The maximum atomic E-state index is 13.9. The smallest absolute Gasteiger partial charge is 0.256 e. The van der Waals surface area contributed by atoms with Crippen molar-refractivity contribution < 1.29 is 26.7 Å². The highest BCUT2D eigenvalue weighted by molar-refractivity contribution is 6.15. The van der Waals surface area contributed by atoms with Gasteiger partial charge in [0.25, 0.3) is 5.91 Å². The molecule has 0 aromatic heterocycles. The molecule has 0 N–H and O–H groups in total. The van der Waals surface area contributed by atoms with Crippen LogP contribution in [0.3, 0.4) is 0 Å². The molecule has 1 aliphatic rings. The van der Waals surface area contributed by atoms with Gasteiger partial charge in [-0.05, 0) is 18.9 Å². The zero-order chi connectivity index (χ0) is 18.3. The number of carbonyl (C=O) groups is 1. The Kier molecular flexibility index (Phi) is 4.28. The second-order valence-corrected chi connectivity index (χ2v) is 5.55. The number of hydrogen-bond acceptors (Lipinski definition) is 2. The molecule has 1 aliphatic heterocycles. The van der Waals surface area contributed by atoms with Gasteiger partial charge in [0.2, 0.25) is 5.82 Å². The summed E-state index contributed by atoms with van der Waals surface area (Å²) in [6, 6.07) is 8.79. The number of benzene rings is 2. The lowest BCUT2D eigenvalue weighted by molar-refractivity contribution is -0.119. The van der Waals surface area contributed by atoms with Crippen LogP contribution in [0.25, 0.3) is 0 Å². The number of halogens is 5. The number of nitrogens with zero attached hydrogens (tertiary/aromatic N) is 2. The fourth-order valence-electron chi connectivity index (χ4n) is 2.63. The van der Waals surface area contributed by atoms with E-state index in [2.05, 4.69) is 5.10 Å². The van der Waals surface area contributed by atoms with Gasteiger partial charge in [0.15, 0.2) is 23.3 Å². The average molecular weight is 354 g/mol. The molecule has 0 aliphatic carbocycles. The number of anilines is 1. The monoisotopic (exact) mass is 354 g/mol. The van der Waals surface area contributed by atoms with E-state index in [-0.39, 0.29) is 17.1 Å². The SMILES string of the molecule is CC1=NN(c2c(F)c(F)c(F)c(F)c2F)C(=O)C1Cc1ccccc1. The zero-order valence-electron chi connectivity index (χ0n) is 12.9. The molecule has 0 saturated heterocycles. The first-order valence-corrected chi connectivity index (χ1v) is 7.27. The van der Waals surface area contributed by atoms with Crippen LogP contribution in [0.15, 0.2) is 35.4 Å². The highest BCUT2D eigenvalue weighted by atomic mass is 19.2. The summed E-state index contributed by atoms with van der Waals surface area (Å²) in [7, 11) is 0. The molecule has 8 heteroatoms. The zero-order valence-corrected chi connectivity index (χ0v) is 12.9. The number of hydrogen-bond donors (Lipinski definition) is 0. The van der Waals surface area contributed by atoms with Gasteiger partial charge in [-0.2, -0.15) is 10.1 Å². The van der Waals surface area contributed by atoms with Gasteiger partial charge in [-0.3, -0.25) is 4.79 Å². The first kappa shape index (κ1) is 17.1. The molecule has 1 unspecified atom stereocenters. The van der Waals surface area contributed by atoms with E-state index in [9.17, 15) is 26.7 Å². The fraction of sp³-hybridized carbons (Fsp3) is 0.176. The van der Waals surface area contributed by atoms with E-state index in [1.54, 1.807) is 30.3 Å². The second kappa shape index (κ2) is 6.27. The molecule has 0 radical (unpaired) electrons. The standard InChI is InChI=1S/C17H11F5N2O/c1-8-10(7-9-5-3-2-4-6-9)17(25)24(23-8)16-14(21)12(19)11(18)13(20)15(16)22/h2-6,10H,7H2,1H3. The lowest BCUT2D eigenvalue weighted by atomic mass is 9.95. The number of rotatable bonds is 3. The summed E-state index contributed by atoms with van der Waals surface area (Å²) < 4.78 is 67.8. The van der Waals surface area contributed by atoms with E-state index in [1.807, 2.05) is 0 Å². The van der Waals surface area contributed by atoms with Crippen LogP contribution in [-0.4, -0.2) is 11.6 Å². The molecule has 0 saturated carbocycles. The van der Waals surface area contributed by atoms with Crippen LogP contribution in [-0.2, 0) is 11.2 Å². The number of hydrazone groups is 1. The molecule has 0 fully saturated rings. The van der Waals surface area contributed by atoms with Crippen LogP contribution in [0, 0.1) is 35.0 Å². The summed E-state index contributed by atoms with van der Waals surface area (Å²) >= 11 is 0. The van der Waals surface area contributed by atoms with Gasteiger partial charge in [-0.25, -0.2) is 22.0 Å². The Bertz CT molecular complexity index is 853. The van der Waals surface area contributed by atoms with Crippen molar-refractivity contribution in [3.8, 4) is 0 Å². The molecule has 1 atom stereocenters. The van der Waals surface area contributed by atoms with Crippen LogP contribution < -0.4 is 5.01 Å². The molecule has 3 nitrogen and oxygen atoms in total. The van der Waals surface area contributed by atoms with E-state index in [4.69, 9.17) is 0 Å². The van der Waals surface area contributed by atoms with Crippen molar-refractivity contribution >= 4 is 17.3 Å². The third kappa shape index (κ3) is 2.77. The Labute approximate surface area is 139 Å². The van der Waals surface area contributed by atoms with Gasteiger partial charge in [0.1, 0.15) is 5.69 Å². The van der Waals surface area contributed by atoms with Crippen molar-refractivity contribution in [2.45, 2.75) is 13.3 Å². The second-order valence-electron chi connectivity index (χ2n) is 5.55. The molecule has 130 valence electrons. The molecule has 1 heterocycles. The molecule has 1 amide bonds. The molecular formula is C17H11F5N2O. The summed E-state index contributed by atoms with van der Waals surface area (Å²) in [5.74, 6) is -12.4. The third-order valence-electron chi connectivity index (χ3n) is 3.95. The summed E-state index contributed by atoms with van der Waals surface area (Å²) in [5, 5.41) is 3.96. The Morgan fingerprint density at radius 3 is 2.00 bits per heavy atom. The molecule has 25 heavy (non-hydrogen) atoms. The average Bonchev–Trinajstić information content (AvgIpc) is 2.87. The van der Waals surface area contributed by atoms with Crippen LogP contribution >= 0.6 is 0 Å². The molecule has 0 bridgehead atoms. The maximum Gasteiger partial charge on any atom is 0.256 e. The van der Waals surface area contributed by atoms with Crippen molar-refractivity contribution in [2.24, 2.45) is 11.0 Å². The van der Waals surface area contributed by atoms with Crippen molar-refractivity contribution in [3.63, 3.8) is 0 Å². The fourth-order valence-corrected chi connectivity index (χ4v) is 2.63. The first-order valence-electron chi connectivity index (χ1n) is 7.27. The van der Waals surface area contributed by atoms with Crippen LogP contribution in [0.1, 0.15) is 12.5 Å². The van der Waals surface area contributed by atoms with Gasteiger partial charge in [0, 0.05) is 5.71 Å². The minimum absolute atomic E-state index is 0.195. The Morgan fingerprint density at radius 2 is 1.44 bits per heavy atom. The predicted molar refractivity (Wildman–Crippen MR) is 80.5 cm³/mol. The summed E-state index contributed by atoms with van der Waals surface area (Å²) in [6.45, 7) is 1.46. The van der Waals surface area contributed by atoms with E-state index >= 15 is 0 Å². The van der Waals surface area contributed by atoms with Crippen LogP contribution in [0.5, 0.6) is 0 Å². The molecule has 3 rings (SSSR count). The lowest BCUT2D eigenvalue weighted by Crippen LogP contribution is -2.30. The topological polar surface area (TPSA) is 32.7 Å². The Balaban J connectivity index is 2.00.